The molecule has 2 rings (SSSR count). The summed E-state index contributed by atoms with van der Waals surface area (Å²) in [5, 5.41) is 2.58. The molecule has 1 aliphatic rings. The van der Waals surface area contributed by atoms with Crippen molar-refractivity contribution < 1.29 is 23.5 Å². The summed E-state index contributed by atoms with van der Waals surface area (Å²) in [4.78, 5) is 24.1. The Morgan fingerprint density at radius 1 is 1.45 bits per heavy atom. The highest BCUT2D eigenvalue weighted by molar-refractivity contribution is 5.77. The summed E-state index contributed by atoms with van der Waals surface area (Å²) < 4.78 is 23.0. The zero-order valence-corrected chi connectivity index (χ0v) is 10.8. The first-order chi connectivity index (χ1) is 9.66. The summed E-state index contributed by atoms with van der Waals surface area (Å²) in [5.74, 6) is -0.855. The summed E-state index contributed by atoms with van der Waals surface area (Å²) in [5.41, 5.74) is 0. The minimum absolute atomic E-state index is 0.0331. The second-order valence-corrected chi connectivity index (χ2v) is 4.17. The van der Waals surface area contributed by atoms with Gasteiger partial charge in [-0.15, -0.1) is 0 Å². The molecule has 2 amide bonds. The first kappa shape index (κ1) is 14.1. The van der Waals surface area contributed by atoms with Gasteiger partial charge in [-0.1, -0.05) is 12.1 Å². The second-order valence-electron chi connectivity index (χ2n) is 4.17. The molecule has 1 fully saturated rings. The van der Waals surface area contributed by atoms with Crippen molar-refractivity contribution in [1.82, 2.24) is 10.2 Å². The Morgan fingerprint density at radius 3 is 2.95 bits per heavy atom. The third-order valence-corrected chi connectivity index (χ3v) is 2.74. The fourth-order valence-electron chi connectivity index (χ4n) is 1.72. The number of hydrogen-bond acceptors (Lipinski definition) is 4. The predicted molar refractivity (Wildman–Crippen MR) is 67.8 cm³/mol. The van der Waals surface area contributed by atoms with Crippen LogP contribution >= 0.6 is 0 Å². The van der Waals surface area contributed by atoms with Crippen molar-refractivity contribution in [2.75, 3.05) is 32.8 Å². The van der Waals surface area contributed by atoms with Gasteiger partial charge in [-0.2, -0.15) is 0 Å². The molecule has 0 aliphatic carbocycles. The molecule has 0 aromatic heterocycles. The number of benzene rings is 1. The second kappa shape index (κ2) is 6.74. The Hall–Kier alpha value is -2.31. The smallest absolute Gasteiger partial charge is 0.409 e. The Labute approximate surface area is 115 Å². The molecule has 108 valence electrons. The first-order valence-corrected chi connectivity index (χ1v) is 6.22. The van der Waals surface area contributed by atoms with Gasteiger partial charge in [0.2, 0.25) is 0 Å². The molecule has 0 bridgehead atoms. The first-order valence-electron chi connectivity index (χ1n) is 6.22. The number of ether oxygens (including phenoxy) is 2. The number of nitrogens with one attached hydrogen (secondary N) is 1. The monoisotopic (exact) mass is 282 g/mol. The highest BCUT2D eigenvalue weighted by Gasteiger charge is 2.21. The fraction of sp³-hybridized carbons (Fsp3) is 0.385. The highest BCUT2D eigenvalue weighted by Crippen LogP contribution is 2.14. The molecule has 1 saturated heterocycles. The maximum Gasteiger partial charge on any atom is 0.409 e. The van der Waals surface area contributed by atoms with Crippen LogP contribution in [0.3, 0.4) is 0 Å². The summed E-state index contributed by atoms with van der Waals surface area (Å²) >= 11 is 0. The normalized spacial score (nSPS) is 14.1. The van der Waals surface area contributed by atoms with E-state index in [1.165, 1.54) is 23.1 Å². The van der Waals surface area contributed by atoms with E-state index in [1.54, 1.807) is 6.07 Å². The summed E-state index contributed by atoms with van der Waals surface area (Å²) in [7, 11) is 0. The summed E-state index contributed by atoms with van der Waals surface area (Å²) in [6.07, 6.45) is -0.373. The molecule has 6 nitrogen and oxygen atoms in total. The lowest BCUT2D eigenvalue weighted by molar-refractivity contribution is -0.123. The molecule has 0 unspecified atom stereocenters. The number of para-hydroxylation sites is 1. The Bertz CT molecular complexity index is 495. The lowest BCUT2D eigenvalue weighted by atomic mass is 10.3. The molecule has 1 aromatic rings. The molecule has 1 heterocycles. The van der Waals surface area contributed by atoms with Crippen LogP contribution in [0.15, 0.2) is 24.3 Å². The van der Waals surface area contributed by atoms with Crippen molar-refractivity contribution >= 4 is 12.0 Å². The summed E-state index contributed by atoms with van der Waals surface area (Å²) in [6.45, 7) is 1.31. The number of rotatable bonds is 6. The van der Waals surface area contributed by atoms with Crippen LogP contribution in [-0.2, 0) is 9.53 Å². The number of hydrogen-bond donors (Lipinski definition) is 1. The standard InChI is InChI=1S/C13H15FN2O4/c14-10-3-1-2-4-11(10)20-9-12(17)15-5-6-16-7-8-19-13(16)18/h1-4H,5-9H2,(H,15,17). The lowest BCUT2D eigenvalue weighted by Gasteiger charge is -2.13. The van der Waals surface area contributed by atoms with Crippen molar-refractivity contribution in [2.45, 2.75) is 0 Å². The van der Waals surface area contributed by atoms with Crippen LogP contribution in [0.1, 0.15) is 0 Å². The van der Waals surface area contributed by atoms with Gasteiger partial charge < -0.3 is 19.7 Å². The van der Waals surface area contributed by atoms with E-state index >= 15 is 0 Å². The van der Waals surface area contributed by atoms with E-state index in [9.17, 15) is 14.0 Å². The van der Waals surface area contributed by atoms with E-state index in [4.69, 9.17) is 9.47 Å². The number of halogens is 1. The number of amides is 2. The SMILES string of the molecule is O=C(COc1ccccc1F)NCCN1CCOC1=O. The van der Waals surface area contributed by atoms with Crippen molar-refractivity contribution in [3.63, 3.8) is 0 Å². The zero-order valence-electron chi connectivity index (χ0n) is 10.8. The van der Waals surface area contributed by atoms with E-state index in [2.05, 4.69) is 5.32 Å². The third kappa shape index (κ3) is 3.84. The molecule has 1 aliphatic heterocycles. The van der Waals surface area contributed by atoms with Crippen molar-refractivity contribution in [2.24, 2.45) is 0 Å². The average Bonchev–Trinajstić information content (AvgIpc) is 2.84. The van der Waals surface area contributed by atoms with Gasteiger partial charge in [-0.3, -0.25) is 4.79 Å². The molecule has 0 radical (unpaired) electrons. The van der Waals surface area contributed by atoms with E-state index in [1.807, 2.05) is 0 Å². The number of carbonyl (C=O) groups is 2. The highest BCUT2D eigenvalue weighted by atomic mass is 19.1. The molecule has 1 aromatic carbocycles. The molecular weight excluding hydrogens is 267 g/mol. The predicted octanol–water partition coefficient (Wildman–Crippen LogP) is 0.773. The maximum absolute atomic E-state index is 13.2. The van der Waals surface area contributed by atoms with E-state index in [0.717, 1.165) is 0 Å². The topological polar surface area (TPSA) is 67.9 Å². The Balaban J connectivity index is 1.66. The van der Waals surface area contributed by atoms with Crippen molar-refractivity contribution in [1.29, 1.82) is 0 Å². The largest absolute Gasteiger partial charge is 0.481 e. The van der Waals surface area contributed by atoms with Crippen LogP contribution in [0.25, 0.3) is 0 Å². The van der Waals surface area contributed by atoms with Gasteiger partial charge in [0.05, 0.1) is 6.54 Å². The van der Waals surface area contributed by atoms with Gasteiger partial charge in [0.15, 0.2) is 18.2 Å². The van der Waals surface area contributed by atoms with Crippen LogP contribution in [-0.4, -0.2) is 49.7 Å². The minimum atomic E-state index is -0.514. The van der Waals surface area contributed by atoms with Gasteiger partial charge in [-0.25, -0.2) is 9.18 Å². The maximum atomic E-state index is 13.2. The van der Waals surface area contributed by atoms with E-state index in [0.29, 0.717) is 26.2 Å². The molecule has 0 spiro atoms. The zero-order chi connectivity index (χ0) is 14.4. The molecule has 0 atom stereocenters. The molecular formula is C13H15FN2O4. The lowest BCUT2D eigenvalue weighted by Crippen LogP contribution is -2.37. The number of cyclic esters (lactones) is 1. The van der Waals surface area contributed by atoms with Gasteiger partial charge >= 0.3 is 6.09 Å². The van der Waals surface area contributed by atoms with Gasteiger partial charge in [-0.05, 0) is 12.1 Å². The third-order valence-electron chi connectivity index (χ3n) is 2.74. The van der Waals surface area contributed by atoms with E-state index in [-0.39, 0.29) is 24.4 Å². The van der Waals surface area contributed by atoms with Crippen LogP contribution in [0.5, 0.6) is 5.75 Å². The van der Waals surface area contributed by atoms with Crippen LogP contribution in [0, 0.1) is 5.82 Å². The molecule has 7 heteroatoms. The Morgan fingerprint density at radius 2 is 2.25 bits per heavy atom. The van der Waals surface area contributed by atoms with Crippen LogP contribution < -0.4 is 10.1 Å². The van der Waals surface area contributed by atoms with Gasteiger partial charge in [0.25, 0.3) is 5.91 Å². The van der Waals surface area contributed by atoms with Crippen LogP contribution in [0.4, 0.5) is 9.18 Å². The summed E-state index contributed by atoms with van der Waals surface area (Å²) in [6, 6.07) is 5.86. The molecule has 1 N–H and O–H groups in total. The van der Waals surface area contributed by atoms with Crippen molar-refractivity contribution in [3.05, 3.63) is 30.1 Å². The number of carbonyl (C=O) groups excluding carboxylic acids is 2. The Kier molecular flexibility index (Phi) is 4.75. The molecule has 0 saturated carbocycles. The van der Waals surface area contributed by atoms with Crippen LogP contribution in [0.2, 0.25) is 0 Å². The fourth-order valence-corrected chi connectivity index (χ4v) is 1.72. The number of nitrogens with zero attached hydrogens (tertiary/aromatic N) is 1. The quantitative estimate of drug-likeness (QED) is 0.837. The van der Waals surface area contributed by atoms with Gasteiger partial charge in [0, 0.05) is 13.1 Å². The minimum Gasteiger partial charge on any atom is -0.481 e. The van der Waals surface area contributed by atoms with Gasteiger partial charge in [0.1, 0.15) is 6.61 Å². The average molecular weight is 282 g/mol. The van der Waals surface area contributed by atoms with E-state index < -0.39 is 5.82 Å². The van der Waals surface area contributed by atoms with Crippen molar-refractivity contribution in [3.8, 4) is 5.75 Å². The molecule has 20 heavy (non-hydrogen) atoms.